The molecule has 1 aliphatic heterocycles. The van der Waals surface area contributed by atoms with Gasteiger partial charge in [-0.1, -0.05) is 59.7 Å². The Morgan fingerprint density at radius 1 is 0.955 bits per heavy atom. The van der Waals surface area contributed by atoms with Crippen molar-refractivity contribution in [3.8, 4) is 5.75 Å². The van der Waals surface area contributed by atoms with Gasteiger partial charge in [0, 0.05) is 11.1 Å². The zero-order valence-electron chi connectivity index (χ0n) is 14.3. The fourth-order valence-corrected chi connectivity index (χ4v) is 3.07. The van der Waals surface area contributed by atoms with Gasteiger partial charge in [0.1, 0.15) is 5.75 Å². The van der Waals surface area contributed by atoms with Crippen molar-refractivity contribution in [3.05, 3.63) is 41.0 Å². The van der Waals surface area contributed by atoms with Gasteiger partial charge in [0.2, 0.25) is 0 Å². The Kier molecular flexibility index (Phi) is 3.14. The van der Waals surface area contributed by atoms with Crippen molar-refractivity contribution < 1.29 is 9.53 Å². The van der Waals surface area contributed by atoms with Crippen molar-refractivity contribution in [1.29, 1.82) is 0 Å². The van der Waals surface area contributed by atoms with Crippen LogP contribution in [0.2, 0.25) is 0 Å². The molecule has 2 heteroatoms. The van der Waals surface area contributed by atoms with Gasteiger partial charge >= 0.3 is 5.97 Å². The highest BCUT2D eigenvalue weighted by atomic mass is 16.5. The van der Waals surface area contributed by atoms with Gasteiger partial charge in [-0.15, -0.1) is 0 Å². The fraction of sp³-hybridized carbons (Fsp3) is 0.450. The van der Waals surface area contributed by atoms with Crippen LogP contribution in [0.3, 0.4) is 0 Å². The standard InChI is InChI=1S/C20H24O2/c1-19(2,3)13-7-8-14-12(9-13)10-16(20(4,5)6)18-15(14)11-17(21)22-18/h7-10H,11H2,1-6H3. The first kappa shape index (κ1) is 15.1. The summed E-state index contributed by atoms with van der Waals surface area (Å²) in [6.45, 7) is 13.1. The summed E-state index contributed by atoms with van der Waals surface area (Å²) in [5.74, 6) is 0.640. The topological polar surface area (TPSA) is 26.3 Å². The summed E-state index contributed by atoms with van der Waals surface area (Å²) in [5, 5.41) is 2.34. The third kappa shape index (κ3) is 2.41. The highest BCUT2D eigenvalue weighted by Gasteiger charge is 2.31. The molecule has 0 bridgehead atoms. The number of hydrogen-bond acceptors (Lipinski definition) is 2. The molecule has 0 radical (unpaired) electrons. The summed E-state index contributed by atoms with van der Waals surface area (Å²) in [5.41, 5.74) is 3.53. The van der Waals surface area contributed by atoms with E-state index in [2.05, 4.69) is 65.8 Å². The molecule has 22 heavy (non-hydrogen) atoms. The van der Waals surface area contributed by atoms with Crippen LogP contribution in [0.15, 0.2) is 24.3 Å². The van der Waals surface area contributed by atoms with Gasteiger partial charge in [-0.2, -0.15) is 0 Å². The smallest absolute Gasteiger partial charge is 0.315 e. The van der Waals surface area contributed by atoms with E-state index in [-0.39, 0.29) is 16.8 Å². The largest absolute Gasteiger partial charge is 0.426 e. The minimum Gasteiger partial charge on any atom is -0.426 e. The maximum atomic E-state index is 11.8. The lowest BCUT2D eigenvalue weighted by Gasteiger charge is -2.24. The van der Waals surface area contributed by atoms with Gasteiger partial charge in [0.15, 0.2) is 0 Å². The van der Waals surface area contributed by atoms with E-state index in [9.17, 15) is 4.79 Å². The number of carbonyl (C=O) groups excluding carboxylic acids is 1. The average Bonchev–Trinajstić information content (AvgIpc) is 2.76. The normalized spacial score (nSPS) is 15.1. The molecule has 0 saturated carbocycles. The Hall–Kier alpha value is -1.83. The lowest BCUT2D eigenvalue weighted by atomic mass is 9.81. The second-order valence-corrected chi connectivity index (χ2v) is 8.32. The summed E-state index contributed by atoms with van der Waals surface area (Å²) < 4.78 is 5.53. The molecule has 3 rings (SSSR count). The minimum absolute atomic E-state index is 0.0549. The molecule has 0 aliphatic carbocycles. The lowest BCUT2D eigenvalue weighted by molar-refractivity contribution is -0.131. The Bertz CT molecular complexity index is 771. The molecule has 116 valence electrons. The number of ether oxygens (including phenoxy) is 1. The maximum Gasteiger partial charge on any atom is 0.315 e. The minimum atomic E-state index is -0.145. The van der Waals surface area contributed by atoms with Gasteiger partial charge in [-0.05, 0) is 33.2 Å². The van der Waals surface area contributed by atoms with Crippen LogP contribution >= 0.6 is 0 Å². The maximum absolute atomic E-state index is 11.8. The monoisotopic (exact) mass is 296 g/mol. The number of fused-ring (bicyclic) bond motifs is 3. The molecule has 0 aromatic heterocycles. The molecule has 0 unspecified atom stereocenters. The summed E-state index contributed by atoms with van der Waals surface area (Å²) in [4.78, 5) is 11.8. The summed E-state index contributed by atoms with van der Waals surface area (Å²) in [6, 6.07) is 8.76. The molecular formula is C20H24O2. The van der Waals surface area contributed by atoms with Crippen molar-refractivity contribution in [1.82, 2.24) is 0 Å². The van der Waals surface area contributed by atoms with Crippen LogP contribution in [0, 0.1) is 0 Å². The van der Waals surface area contributed by atoms with Crippen molar-refractivity contribution >= 4 is 16.7 Å². The number of benzene rings is 2. The fourth-order valence-electron chi connectivity index (χ4n) is 3.07. The van der Waals surface area contributed by atoms with E-state index in [1.54, 1.807) is 0 Å². The molecule has 0 fully saturated rings. The highest BCUT2D eigenvalue weighted by molar-refractivity contribution is 5.96. The zero-order valence-corrected chi connectivity index (χ0v) is 14.3. The Morgan fingerprint density at radius 3 is 2.23 bits per heavy atom. The molecule has 2 aromatic rings. The van der Waals surface area contributed by atoms with E-state index >= 15 is 0 Å². The van der Waals surface area contributed by atoms with E-state index in [0.717, 1.165) is 22.3 Å². The molecule has 0 N–H and O–H groups in total. The van der Waals surface area contributed by atoms with E-state index in [1.807, 2.05) is 0 Å². The van der Waals surface area contributed by atoms with Crippen LogP contribution in [0.1, 0.15) is 58.2 Å². The summed E-state index contributed by atoms with van der Waals surface area (Å²) in [7, 11) is 0. The van der Waals surface area contributed by atoms with Crippen LogP contribution in [-0.2, 0) is 22.0 Å². The second-order valence-electron chi connectivity index (χ2n) is 8.32. The zero-order chi connectivity index (χ0) is 16.3. The highest BCUT2D eigenvalue weighted by Crippen LogP contribution is 2.42. The van der Waals surface area contributed by atoms with Crippen molar-refractivity contribution in [3.63, 3.8) is 0 Å². The quantitative estimate of drug-likeness (QED) is 0.511. The van der Waals surface area contributed by atoms with Crippen molar-refractivity contribution in [2.75, 3.05) is 0 Å². The number of hydrogen-bond donors (Lipinski definition) is 0. The molecule has 0 atom stereocenters. The van der Waals surface area contributed by atoms with E-state index in [1.165, 1.54) is 10.9 Å². The number of rotatable bonds is 0. The van der Waals surface area contributed by atoms with Gasteiger partial charge < -0.3 is 4.74 Å². The molecular weight excluding hydrogens is 272 g/mol. The molecule has 1 aliphatic rings. The van der Waals surface area contributed by atoms with Crippen LogP contribution < -0.4 is 4.74 Å². The number of esters is 1. The molecule has 2 nitrogen and oxygen atoms in total. The SMILES string of the molecule is CC(C)(C)c1ccc2c3c(c(C(C)(C)C)cc2c1)OC(=O)C3. The first-order valence-electron chi connectivity index (χ1n) is 7.88. The Labute approximate surface area is 132 Å². The second kappa shape index (κ2) is 4.58. The molecule has 2 aromatic carbocycles. The van der Waals surface area contributed by atoms with Gasteiger partial charge in [-0.3, -0.25) is 4.79 Å². The van der Waals surface area contributed by atoms with Gasteiger partial charge in [-0.25, -0.2) is 0 Å². The molecule has 1 heterocycles. The predicted molar refractivity (Wildman–Crippen MR) is 90.7 cm³/mol. The molecule has 0 saturated heterocycles. The average molecular weight is 296 g/mol. The van der Waals surface area contributed by atoms with E-state index in [4.69, 9.17) is 4.74 Å². The van der Waals surface area contributed by atoms with Crippen LogP contribution in [-0.4, -0.2) is 5.97 Å². The number of carbonyl (C=O) groups is 1. The van der Waals surface area contributed by atoms with Gasteiger partial charge in [0.05, 0.1) is 6.42 Å². The first-order chi connectivity index (χ1) is 10.1. The lowest BCUT2D eigenvalue weighted by Crippen LogP contribution is -2.14. The Morgan fingerprint density at radius 2 is 1.64 bits per heavy atom. The molecule has 0 spiro atoms. The van der Waals surface area contributed by atoms with Gasteiger partial charge in [0.25, 0.3) is 0 Å². The van der Waals surface area contributed by atoms with Crippen molar-refractivity contribution in [2.45, 2.75) is 58.8 Å². The van der Waals surface area contributed by atoms with E-state index in [0.29, 0.717) is 6.42 Å². The summed E-state index contributed by atoms with van der Waals surface area (Å²) >= 11 is 0. The summed E-state index contributed by atoms with van der Waals surface area (Å²) in [6.07, 6.45) is 0.380. The van der Waals surface area contributed by atoms with Crippen LogP contribution in [0.5, 0.6) is 5.75 Å². The van der Waals surface area contributed by atoms with E-state index < -0.39 is 0 Å². The third-order valence-corrected chi connectivity index (χ3v) is 4.41. The predicted octanol–water partition coefficient (Wildman–Crippen LogP) is 4.90. The molecule has 0 amide bonds. The Balaban J connectivity index is 2.33. The first-order valence-corrected chi connectivity index (χ1v) is 7.88. The third-order valence-electron chi connectivity index (χ3n) is 4.41. The van der Waals surface area contributed by atoms with Crippen LogP contribution in [0.4, 0.5) is 0 Å². The van der Waals surface area contributed by atoms with Crippen LogP contribution in [0.25, 0.3) is 10.8 Å². The van der Waals surface area contributed by atoms with Crippen molar-refractivity contribution in [2.24, 2.45) is 0 Å².